The molecule has 1 aromatic rings. The number of hydrogen-bond acceptors (Lipinski definition) is 1. The first-order valence-electron chi connectivity index (χ1n) is 4.08. The van der Waals surface area contributed by atoms with Crippen LogP contribution in [0.25, 0.3) is 5.76 Å². The highest BCUT2D eigenvalue weighted by Gasteiger charge is 2.02. The van der Waals surface area contributed by atoms with E-state index in [9.17, 15) is 5.11 Å². The van der Waals surface area contributed by atoms with Gasteiger partial charge in [0.15, 0.2) is 0 Å². The Hall–Kier alpha value is -1.24. The number of aliphatic hydroxyl groups excluding tert-OH is 1. The summed E-state index contributed by atoms with van der Waals surface area (Å²) in [5.41, 5.74) is 3.28. The summed E-state index contributed by atoms with van der Waals surface area (Å²) in [4.78, 5) is 0. The van der Waals surface area contributed by atoms with Crippen LogP contribution in [0, 0.1) is 13.8 Å². The SMILES string of the molecule is CC=C(O)c1cccc(C)c1C. The first-order valence-corrected chi connectivity index (χ1v) is 4.08. The Labute approximate surface area is 73.4 Å². The van der Waals surface area contributed by atoms with Crippen molar-refractivity contribution in [3.63, 3.8) is 0 Å². The molecule has 0 atom stereocenters. The van der Waals surface area contributed by atoms with Gasteiger partial charge in [0.25, 0.3) is 0 Å². The van der Waals surface area contributed by atoms with Gasteiger partial charge in [-0.3, -0.25) is 0 Å². The molecule has 1 heteroatoms. The van der Waals surface area contributed by atoms with E-state index in [1.165, 1.54) is 5.56 Å². The van der Waals surface area contributed by atoms with Crippen LogP contribution in [-0.2, 0) is 0 Å². The monoisotopic (exact) mass is 162 g/mol. The minimum atomic E-state index is 0.358. The maximum atomic E-state index is 9.50. The summed E-state index contributed by atoms with van der Waals surface area (Å²) in [5, 5.41) is 9.50. The summed E-state index contributed by atoms with van der Waals surface area (Å²) in [7, 11) is 0. The third kappa shape index (κ3) is 1.50. The Morgan fingerprint density at radius 2 is 2.00 bits per heavy atom. The molecule has 1 rings (SSSR count). The molecule has 0 saturated carbocycles. The molecule has 1 N–H and O–H groups in total. The fourth-order valence-electron chi connectivity index (χ4n) is 1.18. The second kappa shape index (κ2) is 3.44. The molecule has 0 aliphatic carbocycles. The van der Waals surface area contributed by atoms with Gasteiger partial charge in [-0.25, -0.2) is 0 Å². The summed E-state index contributed by atoms with van der Waals surface area (Å²) in [6, 6.07) is 5.93. The van der Waals surface area contributed by atoms with Crippen molar-refractivity contribution < 1.29 is 5.11 Å². The number of aryl methyl sites for hydroxylation is 1. The van der Waals surface area contributed by atoms with E-state index in [1.54, 1.807) is 6.08 Å². The minimum Gasteiger partial charge on any atom is -0.508 e. The zero-order chi connectivity index (χ0) is 9.14. The molecular weight excluding hydrogens is 148 g/mol. The van der Waals surface area contributed by atoms with Gasteiger partial charge in [0.2, 0.25) is 0 Å². The van der Waals surface area contributed by atoms with Crippen LogP contribution in [0.5, 0.6) is 0 Å². The predicted octanol–water partition coefficient (Wildman–Crippen LogP) is 3.22. The van der Waals surface area contributed by atoms with E-state index in [2.05, 4.69) is 0 Å². The molecule has 0 aliphatic rings. The number of aliphatic hydroxyl groups is 1. The van der Waals surface area contributed by atoms with Crippen molar-refractivity contribution in [3.05, 3.63) is 41.0 Å². The normalized spacial score (nSPS) is 11.8. The van der Waals surface area contributed by atoms with Gasteiger partial charge in [-0.05, 0) is 38.0 Å². The van der Waals surface area contributed by atoms with Crippen LogP contribution in [0.2, 0.25) is 0 Å². The summed E-state index contributed by atoms with van der Waals surface area (Å²) in [6.07, 6.45) is 1.71. The van der Waals surface area contributed by atoms with E-state index in [0.29, 0.717) is 5.76 Å². The van der Waals surface area contributed by atoms with Gasteiger partial charge in [0.1, 0.15) is 5.76 Å². The largest absolute Gasteiger partial charge is 0.508 e. The topological polar surface area (TPSA) is 20.2 Å². The number of hydrogen-bond donors (Lipinski definition) is 1. The summed E-state index contributed by atoms with van der Waals surface area (Å²) < 4.78 is 0. The summed E-state index contributed by atoms with van der Waals surface area (Å²) >= 11 is 0. The van der Waals surface area contributed by atoms with Crippen molar-refractivity contribution in [3.8, 4) is 0 Å². The van der Waals surface area contributed by atoms with Crippen LogP contribution in [0.1, 0.15) is 23.6 Å². The van der Waals surface area contributed by atoms with E-state index in [0.717, 1.165) is 11.1 Å². The van der Waals surface area contributed by atoms with E-state index in [-0.39, 0.29) is 0 Å². The molecule has 0 aliphatic heterocycles. The van der Waals surface area contributed by atoms with Gasteiger partial charge in [-0.15, -0.1) is 0 Å². The number of rotatable bonds is 1. The third-order valence-corrected chi connectivity index (χ3v) is 2.15. The second-order valence-electron chi connectivity index (χ2n) is 2.92. The van der Waals surface area contributed by atoms with Gasteiger partial charge in [-0.2, -0.15) is 0 Å². The van der Waals surface area contributed by atoms with Crippen molar-refractivity contribution in [1.29, 1.82) is 0 Å². The van der Waals surface area contributed by atoms with Crippen LogP contribution in [-0.4, -0.2) is 5.11 Å². The van der Waals surface area contributed by atoms with Gasteiger partial charge < -0.3 is 5.11 Å². The van der Waals surface area contributed by atoms with Gasteiger partial charge >= 0.3 is 0 Å². The molecule has 0 radical (unpaired) electrons. The molecule has 0 bridgehead atoms. The molecule has 0 amide bonds. The molecule has 0 unspecified atom stereocenters. The minimum absolute atomic E-state index is 0.358. The average Bonchev–Trinajstić information content (AvgIpc) is 2.08. The van der Waals surface area contributed by atoms with Crippen LogP contribution < -0.4 is 0 Å². The lowest BCUT2D eigenvalue weighted by molar-refractivity contribution is 0.510. The number of allylic oxidation sites excluding steroid dienone is 1. The Morgan fingerprint density at radius 3 is 2.58 bits per heavy atom. The van der Waals surface area contributed by atoms with Crippen molar-refractivity contribution >= 4 is 5.76 Å². The zero-order valence-electron chi connectivity index (χ0n) is 7.76. The Balaban J connectivity index is 3.26. The van der Waals surface area contributed by atoms with Gasteiger partial charge in [0.05, 0.1) is 0 Å². The highest BCUT2D eigenvalue weighted by atomic mass is 16.3. The highest BCUT2D eigenvalue weighted by Crippen LogP contribution is 2.18. The Bertz CT molecular complexity index is 311. The zero-order valence-corrected chi connectivity index (χ0v) is 7.76. The van der Waals surface area contributed by atoms with E-state index >= 15 is 0 Å². The molecule has 0 spiro atoms. The highest BCUT2D eigenvalue weighted by molar-refractivity contribution is 5.62. The van der Waals surface area contributed by atoms with E-state index in [4.69, 9.17) is 0 Å². The van der Waals surface area contributed by atoms with Crippen LogP contribution in [0.15, 0.2) is 24.3 Å². The van der Waals surface area contributed by atoms with Crippen molar-refractivity contribution in [2.24, 2.45) is 0 Å². The standard InChI is InChI=1S/C11H14O/c1-4-11(12)10-7-5-6-8(2)9(10)3/h4-7,12H,1-3H3. The molecule has 12 heavy (non-hydrogen) atoms. The molecule has 0 fully saturated rings. The molecule has 1 aromatic carbocycles. The first kappa shape index (κ1) is 8.85. The van der Waals surface area contributed by atoms with E-state index < -0.39 is 0 Å². The fraction of sp³-hybridized carbons (Fsp3) is 0.273. The lowest BCUT2D eigenvalue weighted by Gasteiger charge is -2.06. The molecule has 0 saturated heterocycles. The summed E-state index contributed by atoms with van der Waals surface area (Å²) in [6.45, 7) is 5.89. The maximum absolute atomic E-state index is 9.50. The van der Waals surface area contributed by atoms with Crippen LogP contribution in [0.4, 0.5) is 0 Å². The van der Waals surface area contributed by atoms with Crippen molar-refractivity contribution in [2.75, 3.05) is 0 Å². The average molecular weight is 162 g/mol. The summed E-state index contributed by atoms with van der Waals surface area (Å²) in [5.74, 6) is 0.358. The smallest absolute Gasteiger partial charge is 0.118 e. The fourth-order valence-corrected chi connectivity index (χ4v) is 1.18. The maximum Gasteiger partial charge on any atom is 0.118 e. The second-order valence-corrected chi connectivity index (χ2v) is 2.92. The lowest BCUT2D eigenvalue weighted by Crippen LogP contribution is -1.90. The van der Waals surface area contributed by atoms with Gasteiger partial charge in [-0.1, -0.05) is 18.2 Å². The Morgan fingerprint density at radius 1 is 1.33 bits per heavy atom. The molecule has 0 heterocycles. The Kier molecular flexibility index (Phi) is 2.54. The van der Waals surface area contributed by atoms with Gasteiger partial charge in [0, 0.05) is 5.56 Å². The predicted molar refractivity (Wildman–Crippen MR) is 52.2 cm³/mol. The van der Waals surface area contributed by atoms with Crippen molar-refractivity contribution in [1.82, 2.24) is 0 Å². The molecule has 0 aromatic heterocycles. The quantitative estimate of drug-likeness (QED) is 0.628. The van der Waals surface area contributed by atoms with Crippen LogP contribution in [0.3, 0.4) is 0 Å². The van der Waals surface area contributed by atoms with E-state index in [1.807, 2.05) is 39.0 Å². The van der Waals surface area contributed by atoms with Crippen LogP contribution >= 0.6 is 0 Å². The molecular formula is C11H14O. The molecule has 1 nitrogen and oxygen atoms in total. The van der Waals surface area contributed by atoms with Crippen molar-refractivity contribution in [2.45, 2.75) is 20.8 Å². The molecule has 64 valence electrons. The first-order chi connectivity index (χ1) is 5.66. The lowest BCUT2D eigenvalue weighted by atomic mass is 10.0. The third-order valence-electron chi connectivity index (χ3n) is 2.15. The number of benzene rings is 1.